The van der Waals surface area contributed by atoms with Gasteiger partial charge in [0.15, 0.2) is 0 Å². The van der Waals surface area contributed by atoms with E-state index >= 15 is 0 Å². The van der Waals surface area contributed by atoms with Gasteiger partial charge in [0.05, 0.1) is 21.8 Å². The van der Waals surface area contributed by atoms with Crippen molar-refractivity contribution in [2.45, 2.75) is 6.92 Å². The molecule has 0 unspecified atom stereocenters. The van der Waals surface area contributed by atoms with Crippen molar-refractivity contribution in [2.24, 2.45) is 0 Å². The Labute approximate surface area is 173 Å². The van der Waals surface area contributed by atoms with Gasteiger partial charge in [-0.2, -0.15) is 5.10 Å². The minimum absolute atomic E-state index is 0.0379. The molecule has 0 atom stereocenters. The van der Waals surface area contributed by atoms with E-state index in [-0.39, 0.29) is 11.8 Å². The van der Waals surface area contributed by atoms with Crippen LogP contribution in [-0.4, -0.2) is 58.0 Å². The van der Waals surface area contributed by atoms with Gasteiger partial charge in [0.25, 0.3) is 5.91 Å². The Balaban J connectivity index is 1.48. The smallest absolute Gasteiger partial charge is 0.255 e. The van der Waals surface area contributed by atoms with Gasteiger partial charge in [-0.15, -0.1) is 0 Å². The zero-order valence-corrected chi connectivity index (χ0v) is 16.8. The quantitative estimate of drug-likeness (QED) is 0.718. The van der Waals surface area contributed by atoms with Crippen LogP contribution in [0.2, 0.25) is 5.02 Å². The summed E-state index contributed by atoms with van der Waals surface area (Å²) >= 11 is 6.41. The number of carbonyl (C=O) groups excluding carboxylic acids is 2. The number of fused-ring (bicyclic) bond motifs is 1. The first kappa shape index (κ1) is 19.2. The molecule has 1 saturated heterocycles. The molecule has 4 rings (SSSR count). The number of rotatable bonds is 3. The molecule has 1 aromatic heterocycles. The molecule has 7 heteroatoms. The van der Waals surface area contributed by atoms with Crippen LogP contribution < -0.4 is 0 Å². The molecule has 0 radical (unpaired) electrons. The van der Waals surface area contributed by atoms with Gasteiger partial charge in [0, 0.05) is 38.5 Å². The summed E-state index contributed by atoms with van der Waals surface area (Å²) in [7, 11) is 0. The highest BCUT2D eigenvalue weighted by molar-refractivity contribution is 6.34. The molecule has 1 aliphatic rings. The van der Waals surface area contributed by atoms with Gasteiger partial charge in [-0.25, -0.2) is 0 Å². The molecule has 1 fully saturated rings. The number of aromatic nitrogens is 2. The van der Waals surface area contributed by atoms with Crippen LogP contribution in [0.25, 0.3) is 23.1 Å². The summed E-state index contributed by atoms with van der Waals surface area (Å²) in [4.78, 5) is 27.7. The van der Waals surface area contributed by atoms with Crippen molar-refractivity contribution < 1.29 is 9.59 Å². The molecule has 148 valence electrons. The van der Waals surface area contributed by atoms with Crippen LogP contribution in [-0.2, 0) is 4.79 Å². The maximum atomic E-state index is 12.8. The molecule has 6 nitrogen and oxygen atoms in total. The summed E-state index contributed by atoms with van der Waals surface area (Å²) in [6, 6.07) is 13.3. The largest absolute Gasteiger partial charge is 0.339 e. The molecule has 0 bridgehead atoms. The summed E-state index contributed by atoms with van der Waals surface area (Å²) in [5.41, 5.74) is 3.20. The predicted molar refractivity (Wildman–Crippen MR) is 115 cm³/mol. The van der Waals surface area contributed by atoms with Crippen molar-refractivity contribution in [3.8, 4) is 0 Å². The Morgan fingerprint density at radius 3 is 2.48 bits per heavy atom. The van der Waals surface area contributed by atoms with E-state index in [0.29, 0.717) is 36.8 Å². The fourth-order valence-electron chi connectivity index (χ4n) is 3.49. The Morgan fingerprint density at radius 2 is 1.76 bits per heavy atom. The molecule has 1 aliphatic heterocycles. The second kappa shape index (κ2) is 8.09. The van der Waals surface area contributed by atoms with Crippen LogP contribution in [0.5, 0.6) is 0 Å². The first-order valence-electron chi connectivity index (χ1n) is 9.48. The number of hydrogen-bond acceptors (Lipinski definition) is 3. The molecule has 2 heterocycles. The monoisotopic (exact) mass is 408 g/mol. The summed E-state index contributed by atoms with van der Waals surface area (Å²) in [5.74, 6) is -0.0667. The lowest BCUT2D eigenvalue weighted by Crippen LogP contribution is -2.50. The molecule has 29 heavy (non-hydrogen) atoms. The van der Waals surface area contributed by atoms with Crippen molar-refractivity contribution in [1.82, 2.24) is 20.0 Å². The zero-order chi connectivity index (χ0) is 20.4. The Hall–Kier alpha value is -3.12. The number of halogens is 1. The fourth-order valence-corrected chi connectivity index (χ4v) is 3.76. The first-order valence-corrected chi connectivity index (χ1v) is 9.86. The number of carbonyl (C=O) groups is 2. The normalized spacial score (nSPS) is 14.7. The van der Waals surface area contributed by atoms with E-state index in [2.05, 4.69) is 10.2 Å². The lowest BCUT2D eigenvalue weighted by atomic mass is 10.1. The molecule has 1 N–H and O–H groups in total. The van der Waals surface area contributed by atoms with E-state index in [1.165, 1.54) is 0 Å². The maximum absolute atomic E-state index is 12.8. The van der Waals surface area contributed by atoms with Crippen molar-refractivity contribution >= 4 is 46.5 Å². The van der Waals surface area contributed by atoms with Gasteiger partial charge in [-0.1, -0.05) is 41.9 Å². The summed E-state index contributed by atoms with van der Waals surface area (Å²) in [6.45, 7) is 3.69. The SMILES string of the molecule is CC(=O)N1CCN(C(=O)c2ccc(C=Cc3n[nH]c4ccccc34)cc2Cl)CC1. The lowest BCUT2D eigenvalue weighted by molar-refractivity contribution is -0.130. The summed E-state index contributed by atoms with van der Waals surface area (Å²) < 4.78 is 0. The van der Waals surface area contributed by atoms with E-state index in [1.807, 2.05) is 42.5 Å². The van der Waals surface area contributed by atoms with E-state index in [0.717, 1.165) is 22.2 Å². The molecule has 2 aromatic carbocycles. The van der Waals surface area contributed by atoms with Crippen molar-refractivity contribution in [3.05, 3.63) is 64.3 Å². The molecular formula is C22H21ClN4O2. The number of aromatic amines is 1. The van der Waals surface area contributed by atoms with Gasteiger partial charge in [0.2, 0.25) is 5.91 Å². The molecule has 0 aliphatic carbocycles. The van der Waals surface area contributed by atoms with Crippen LogP contribution in [0.1, 0.15) is 28.5 Å². The summed E-state index contributed by atoms with van der Waals surface area (Å²) in [6.07, 6.45) is 3.85. The number of nitrogens with zero attached hydrogens (tertiary/aromatic N) is 3. The average molecular weight is 409 g/mol. The zero-order valence-electron chi connectivity index (χ0n) is 16.1. The highest BCUT2D eigenvalue weighted by Crippen LogP contribution is 2.23. The lowest BCUT2D eigenvalue weighted by Gasteiger charge is -2.34. The second-order valence-electron chi connectivity index (χ2n) is 7.03. The van der Waals surface area contributed by atoms with Gasteiger partial charge in [-0.3, -0.25) is 14.7 Å². The topological polar surface area (TPSA) is 69.3 Å². The van der Waals surface area contributed by atoms with Gasteiger partial charge >= 0.3 is 0 Å². The fraction of sp³-hybridized carbons (Fsp3) is 0.227. The van der Waals surface area contributed by atoms with Gasteiger partial charge in [0.1, 0.15) is 0 Å². The minimum Gasteiger partial charge on any atom is -0.339 e. The molecule has 0 spiro atoms. The van der Waals surface area contributed by atoms with E-state index < -0.39 is 0 Å². The van der Waals surface area contributed by atoms with Crippen LogP contribution in [0, 0.1) is 0 Å². The van der Waals surface area contributed by atoms with E-state index in [9.17, 15) is 9.59 Å². The van der Waals surface area contributed by atoms with E-state index in [4.69, 9.17) is 11.6 Å². The van der Waals surface area contributed by atoms with E-state index in [1.54, 1.807) is 28.9 Å². The van der Waals surface area contributed by atoms with Gasteiger partial charge < -0.3 is 9.80 Å². The summed E-state index contributed by atoms with van der Waals surface area (Å²) in [5, 5.41) is 8.79. The highest BCUT2D eigenvalue weighted by atomic mass is 35.5. The number of nitrogens with one attached hydrogen (secondary N) is 1. The van der Waals surface area contributed by atoms with Crippen LogP contribution in [0.3, 0.4) is 0 Å². The Bertz CT molecular complexity index is 1100. The average Bonchev–Trinajstić information content (AvgIpc) is 3.15. The van der Waals surface area contributed by atoms with Crippen molar-refractivity contribution in [1.29, 1.82) is 0 Å². The third kappa shape index (κ3) is 4.03. The van der Waals surface area contributed by atoms with Crippen LogP contribution in [0.15, 0.2) is 42.5 Å². The van der Waals surface area contributed by atoms with Crippen molar-refractivity contribution in [3.63, 3.8) is 0 Å². The molecule has 0 saturated carbocycles. The second-order valence-corrected chi connectivity index (χ2v) is 7.43. The van der Waals surface area contributed by atoms with Crippen LogP contribution >= 0.6 is 11.6 Å². The third-order valence-electron chi connectivity index (χ3n) is 5.17. The Morgan fingerprint density at radius 1 is 1.03 bits per heavy atom. The minimum atomic E-state index is -0.105. The number of piperazine rings is 1. The third-order valence-corrected chi connectivity index (χ3v) is 5.48. The number of amides is 2. The molecular weight excluding hydrogens is 388 g/mol. The number of para-hydroxylation sites is 1. The highest BCUT2D eigenvalue weighted by Gasteiger charge is 2.24. The molecule has 2 amide bonds. The van der Waals surface area contributed by atoms with Crippen LogP contribution in [0.4, 0.5) is 0 Å². The number of hydrogen-bond donors (Lipinski definition) is 1. The number of H-pyrrole nitrogens is 1. The maximum Gasteiger partial charge on any atom is 0.255 e. The van der Waals surface area contributed by atoms with Gasteiger partial charge in [-0.05, 0) is 29.8 Å². The standard InChI is InChI=1S/C22H21ClN4O2/c1-15(28)26-10-12-27(13-11-26)22(29)17-8-6-16(14-19(17)23)7-9-21-18-4-2-3-5-20(18)24-25-21/h2-9,14H,10-13H2,1H3,(H,24,25). The number of benzene rings is 2. The Kier molecular flexibility index (Phi) is 5.36. The first-order chi connectivity index (χ1) is 14.0. The predicted octanol–water partition coefficient (Wildman–Crippen LogP) is 3.69. The molecule has 3 aromatic rings. The van der Waals surface area contributed by atoms with Crippen molar-refractivity contribution in [2.75, 3.05) is 26.2 Å².